The van der Waals surface area contributed by atoms with Crippen LogP contribution in [0.2, 0.25) is 0 Å². The lowest BCUT2D eigenvalue weighted by Gasteiger charge is -2.32. The van der Waals surface area contributed by atoms with Crippen LogP contribution < -0.4 is 4.74 Å². The van der Waals surface area contributed by atoms with Crippen molar-refractivity contribution in [1.29, 1.82) is 0 Å². The van der Waals surface area contributed by atoms with Crippen LogP contribution in [0.5, 0.6) is 5.75 Å². The molecule has 1 atom stereocenters. The van der Waals surface area contributed by atoms with Crippen LogP contribution in [0.25, 0.3) is 0 Å². The fourth-order valence-corrected chi connectivity index (χ4v) is 6.00. The first-order valence-corrected chi connectivity index (χ1v) is 11.8. The number of ether oxygens (including phenoxy) is 1. The van der Waals surface area contributed by atoms with Gasteiger partial charge in [0.1, 0.15) is 16.2 Å². The molecule has 0 amide bonds. The van der Waals surface area contributed by atoms with E-state index in [4.69, 9.17) is 4.74 Å². The first-order chi connectivity index (χ1) is 15.0. The molecule has 0 radical (unpaired) electrons. The predicted molar refractivity (Wildman–Crippen MR) is 116 cm³/mol. The molecule has 7 nitrogen and oxygen atoms in total. The number of nitrogens with zero attached hydrogens (tertiary/aromatic N) is 4. The van der Waals surface area contributed by atoms with Gasteiger partial charge in [-0.15, -0.1) is 0 Å². The van der Waals surface area contributed by atoms with Crippen LogP contribution in [0, 0.1) is 0 Å². The Bertz CT molecular complexity index is 1160. The summed E-state index contributed by atoms with van der Waals surface area (Å²) in [6, 6.07) is 16.5. The number of hydrogen-bond acceptors (Lipinski definition) is 6. The van der Waals surface area contributed by atoms with Gasteiger partial charge in [0.05, 0.1) is 18.8 Å². The zero-order valence-corrected chi connectivity index (χ0v) is 17.9. The van der Waals surface area contributed by atoms with Gasteiger partial charge in [0.2, 0.25) is 10.0 Å². The lowest BCUT2D eigenvalue weighted by Crippen LogP contribution is -2.49. The van der Waals surface area contributed by atoms with E-state index in [9.17, 15) is 8.42 Å². The van der Waals surface area contributed by atoms with E-state index in [2.05, 4.69) is 20.9 Å². The van der Waals surface area contributed by atoms with Crippen LogP contribution in [-0.4, -0.2) is 52.8 Å². The fraction of sp³-hybridized carbons (Fsp3) is 0.304. The van der Waals surface area contributed by atoms with Crippen molar-refractivity contribution in [3.63, 3.8) is 0 Å². The Kier molecular flexibility index (Phi) is 5.21. The Morgan fingerprint density at radius 3 is 2.65 bits per heavy atom. The molecule has 160 valence electrons. The third-order valence-corrected chi connectivity index (χ3v) is 7.68. The van der Waals surface area contributed by atoms with Crippen molar-refractivity contribution in [3.8, 4) is 5.75 Å². The van der Waals surface area contributed by atoms with Crippen molar-refractivity contribution >= 4 is 10.0 Å². The SMILES string of the molecule is O=S1(=O)c2ccccc2O[C@@]2(CCN(Cc3cccnc3)C2)CN1Cc1ccccn1. The molecule has 0 saturated carbocycles. The number of sulfonamides is 1. The van der Waals surface area contributed by atoms with E-state index in [1.165, 1.54) is 4.31 Å². The smallest absolute Gasteiger partial charge is 0.247 e. The van der Waals surface area contributed by atoms with Crippen molar-refractivity contribution in [1.82, 2.24) is 19.2 Å². The molecule has 4 heterocycles. The summed E-state index contributed by atoms with van der Waals surface area (Å²) in [5.41, 5.74) is 1.23. The standard InChI is InChI=1S/C23H24N4O3S/c28-31(29)22-9-2-1-8-21(22)30-23(18-27(31)16-20-7-3-4-12-25-20)10-13-26(17-23)15-19-6-5-11-24-14-19/h1-9,11-12,14H,10,13,15-18H2/t23-/m1/s1. The summed E-state index contributed by atoms with van der Waals surface area (Å²) >= 11 is 0. The van der Waals surface area contributed by atoms with Crippen LogP contribution >= 0.6 is 0 Å². The maximum Gasteiger partial charge on any atom is 0.247 e. The van der Waals surface area contributed by atoms with Gasteiger partial charge in [-0.1, -0.05) is 24.3 Å². The molecule has 8 heteroatoms. The van der Waals surface area contributed by atoms with Gasteiger partial charge < -0.3 is 4.74 Å². The van der Waals surface area contributed by atoms with Crippen LogP contribution in [0.15, 0.2) is 78.1 Å². The van der Waals surface area contributed by atoms with E-state index in [-0.39, 0.29) is 18.0 Å². The highest BCUT2D eigenvalue weighted by atomic mass is 32.2. The third kappa shape index (κ3) is 4.06. The quantitative estimate of drug-likeness (QED) is 0.626. The van der Waals surface area contributed by atoms with E-state index in [0.29, 0.717) is 18.0 Å². The van der Waals surface area contributed by atoms with Gasteiger partial charge in [-0.2, -0.15) is 4.31 Å². The van der Waals surface area contributed by atoms with Gasteiger partial charge in [-0.05, 0) is 35.9 Å². The third-order valence-electron chi connectivity index (χ3n) is 5.85. The molecular weight excluding hydrogens is 412 g/mol. The molecule has 0 N–H and O–H groups in total. The molecule has 2 aliphatic heterocycles. The Morgan fingerprint density at radius 1 is 0.968 bits per heavy atom. The van der Waals surface area contributed by atoms with Gasteiger partial charge >= 0.3 is 0 Å². The summed E-state index contributed by atoms with van der Waals surface area (Å²) in [5, 5.41) is 0. The Labute approximate surface area is 182 Å². The minimum Gasteiger partial charge on any atom is -0.483 e. The molecule has 2 aromatic heterocycles. The second-order valence-corrected chi connectivity index (χ2v) is 10.1. The molecule has 2 aliphatic rings. The van der Waals surface area contributed by atoms with Gasteiger partial charge in [-0.25, -0.2) is 8.42 Å². The molecular formula is C23H24N4O3S. The number of fused-ring (bicyclic) bond motifs is 1. The van der Waals surface area contributed by atoms with Crippen LogP contribution in [0.1, 0.15) is 17.7 Å². The molecule has 3 aromatic rings. The number of para-hydroxylation sites is 1. The monoisotopic (exact) mass is 436 g/mol. The average molecular weight is 437 g/mol. The second kappa shape index (κ2) is 8.03. The largest absolute Gasteiger partial charge is 0.483 e. The summed E-state index contributed by atoms with van der Waals surface area (Å²) in [6.45, 7) is 2.72. The molecule has 0 unspecified atom stereocenters. The van der Waals surface area contributed by atoms with Gasteiger partial charge in [0, 0.05) is 44.6 Å². The molecule has 0 aliphatic carbocycles. The van der Waals surface area contributed by atoms with E-state index in [1.54, 1.807) is 30.6 Å². The number of hydrogen-bond donors (Lipinski definition) is 0. The lowest BCUT2D eigenvalue weighted by molar-refractivity contribution is 0.0568. The maximum absolute atomic E-state index is 13.5. The highest BCUT2D eigenvalue weighted by Crippen LogP contribution is 2.39. The summed E-state index contributed by atoms with van der Waals surface area (Å²) < 4.78 is 35.1. The normalized spacial score (nSPS) is 23.2. The molecule has 0 bridgehead atoms. The topological polar surface area (TPSA) is 75.6 Å². The van der Waals surface area contributed by atoms with Crippen LogP contribution in [0.3, 0.4) is 0 Å². The van der Waals surface area contributed by atoms with Crippen molar-refractivity contribution in [2.75, 3.05) is 19.6 Å². The van der Waals surface area contributed by atoms with Crippen LogP contribution in [0.4, 0.5) is 0 Å². The molecule has 1 spiro atoms. The highest BCUT2D eigenvalue weighted by Gasteiger charge is 2.47. The molecule has 1 saturated heterocycles. The summed E-state index contributed by atoms with van der Waals surface area (Å²) in [4.78, 5) is 11.1. The van der Waals surface area contributed by atoms with Gasteiger partial charge in [0.25, 0.3) is 0 Å². The van der Waals surface area contributed by atoms with Gasteiger partial charge in [-0.3, -0.25) is 14.9 Å². The number of likely N-dealkylation sites (tertiary alicyclic amines) is 1. The zero-order valence-electron chi connectivity index (χ0n) is 17.1. The lowest BCUT2D eigenvalue weighted by atomic mass is 10.0. The van der Waals surface area contributed by atoms with E-state index in [0.717, 1.165) is 25.1 Å². The van der Waals surface area contributed by atoms with Crippen molar-refractivity contribution in [2.24, 2.45) is 0 Å². The van der Waals surface area contributed by atoms with Gasteiger partial charge in [0.15, 0.2) is 0 Å². The summed E-state index contributed by atoms with van der Waals surface area (Å²) in [5.74, 6) is 0.425. The molecule has 1 aromatic carbocycles. The number of aromatic nitrogens is 2. The average Bonchev–Trinajstić information content (AvgIpc) is 3.13. The first-order valence-electron chi connectivity index (χ1n) is 10.3. The first kappa shape index (κ1) is 20.1. The minimum atomic E-state index is -3.72. The Hall–Kier alpha value is -2.81. The Balaban J connectivity index is 1.47. The summed E-state index contributed by atoms with van der Waals surface area (Å²) in [7, 11) is -3.72. The Morgan fingerprint density at radius 2 is 1.84 bits per heavy atom. The molecule has 31 heavy (non-hydrogen) atoms. The molecule has 5 rings (SSSR count). The van der Waals surface area contributed by atoms with E-state index >= 15 is 0 Å². The number of pyridine rings is 2. The molecule has 1 fully saturated rings. The number of benzene rings is 1. The number of rotatable bonds is 4. The summed E-state index contributed by atoms with van der Waals surface area (Å²) in [6.07, 6.45) is 6.06. The predicted octanol–water partition coefficient (Wildman–Crippen LogP) is 2.70. The minimum absolute atomic E-state index is 0.214. The maximum atomic E-state index is 13.5. The van der Waals surface area contributed by atoms with Crippen molar-refractivity contribution in [3.05, 3.63) is 84.4 Å². The fourth-order valence-electron chi connectivity index (χ4n) is 4.40. The zero-order chi connectivity index (χ0) is 21.3. The van der Waals surface area contributed by atoms with Crippen LogP contribution in [-0.2, 0) is 23.1 Å². The van der Waals surface area contributed by atoms with E-state index in [1.807, 2.05) is 36.5 Å². The van der Waals surface area contributed by atoms with E-state index < -0.39 is 15.6 Å². The second-order valence-electron chi connectivity index (χ2n) is 8.15. The highest BCUT2D eigenvalue weighted by molar-refractivity contribution is 7.89. The van der Waals surface area contributed by atoms with Crippen molar-refractivity contribution < 1.29 is 13.2 Å². The van der Waals surface area contributed by atoms with Crippen molar-refractivity contribution in [2.45, 2.75) is 30.0 Å².